The number of carbonyl (C=O) groups is 1. The Hall–Kier alpha value is -2.51. The second-order valence-electron chi connectivity index (χ2n) is 7.54. The zero-order chi connectivity index (χ0) is 20.0. The summed E-state index contributed by atoms with van der Waals surface area (Å²) in [5.74, 6) is 0.0877. The van der Waals surface area contributed by atoms with Crippen molar-refractivity contribution in [2.75, 3.05) is 6.54 Å². The van der Waals surface area contributed by atoms with Gasteiger partial charge in [-0.2, -0.15) is 5.10 Å². The molecular formula is C22H22N4OS2. The molecule has 1 atom stereocenters. The van der Waals surface area contributed by atoms with Crippen LogP contribution in [-0.2, 0) is 6.54 Å². The normalized spacial score (nSPS) is 16.8. The molecule has 5 heterocycles. The largest absolute Gasteiger partial charge is 0.331 e. The summed E-state index contributed by atoms with van der Waals surface area (Å²) in [6.45, 7) is 5.54. The van der Waals surface area contributed by atoms with E-state index >= 15 is 0 Å². The number of hydrogen-bond donors (Lipinski definition) is 0. The van der Waals surface area contributed by atoms with E-state index in [9.17, 15) is 4.79 Å². The number of aromatic nitrogens is 3. The van der Waals surface area contributed by atoms with Gasteiger partial charge in [-0.1, -0.05) is 6.07 Å². The molecule has 0 N–H and O–H groups in total. The molecule has 1 aliphatic rings. The van der Waals surface area contributed by atoms with E-state index in [1.54, 1.807) is 28.9 Å². The van der Waals surface area contributed by atoms with Crippen LogP contribution in [0.2, 0.25) is 0 Å². The molecule has 29 heavy (non-hydrogen) atoms. The van der Waals surface area contributed by atoms with Crippen molar-refractivity contribution in [1.29, 1.82) is 0 Å². The molecule has 5 rings (SSSR count). The van der Waals surface area contributed by atoms with Crippen molar-refractivity contribution in [3.8, 4) is 0 Å². The Balaban J connectivity index is 1.52. The Morgan fingerprint density at radius 2 is 2.17 bits per heavy atom. The smallest absolute Gasteiger partial charge is 0.255 e. The highest BCUT2D eigenvalue weighted by Gasteiger charge is 2.32. The van der Waals surface area contributed by atoms with Crippen LogP contribution in [0.15, 0.2) is 41.9 Å². The highest BCUT2D eigenvalue weighted by atomic mass is 32.1. The van der Waals surface area contributed by atoms with Gasteiger partial charge >= 0.3 is 0 Å². The third-order valence-electron chi connectivity index (χ3n) is 5.46. The van der Waals surface area contributed by atoms with Crippen molar-refractivity contribution < 1.29 is 4.79 Å². The molecule has 7 heteroatoms. The first-order chi connectivity index (χ1) is 14.1. The van der Waals surface area contributed by atoms with Gasteiger partial charge in [0.05, 0.1) is 29.7 Å². The van der Waals surface area contributed by atoms with E-state index in [0.29, 0.717) is 12.1 Å². The summed E-state index contributed by atoms with van der Waals surface area (Å²) in [7, 11) is 0. The van der Waals surface area contributed by atoms with Crippen LogP contribution in [0.3, 0.4) is 0 Å². The van der Waals surface area contributed by atoms with Gasteiger partial charge in [0, 0.05) is 26.9 Å². The molecular weight excluding hydrogens is 400 g/mol. The summed E-state index contributed by atoms with van der Waals surface area (Å²) in [4.78, 5) is 24.1. The predicted molar refractivity (Wildman–Crippen MR) is 118 cm³/mol. The number of pyridine rings is 1. The first kappa shape index (κ1) is 18.5. The maximum Gasteiger partial charge on any atom is 0.255 e. The van der Waals surface area contributed by atoms with Crippen LogP contribution in [0, 0.1) is 13.8 Å². The second-order valence-corrected chi connectivity index (χ2v) is 9.89. The van der Waals surface area contributed by atoms with Crippen LogP contribution in [0.25, 0.3) is 11.0 Å². The second kappa shape index (κ2) is 7.39. The molecule has 1 unspecified atom stereocenters. The van der Waals surface area contributed by atoms with Crippen molar-refractivity contribution in [1.82, 2.24) is 19.7 Å². The Labute approximate surface area is 177 Å². The molecule has 1 fully saturated rings. The van der Waals surface area contributed by atoms with Gasteiger partial charge in [-0.3, -0.25) is 4.79 Å². The average Bonchev–Trinajstić information content (AvgIpc) is 3.48. The summed E-state index contributed by atoms with van der Waals surface area (Å²) < 4.78 is 1.90. The van der Waals surface area contributed by atoms with E-state index in [1.165, 1.54) is 14.6 Å². The number of amides is 1. The minimum absolute atomic E-state index is 0.0877. The molecule has 1 aliphatic heterocycles. The quantitative estimate of drug-likeness (QED) is 0.454. The van der Waals surface area contributed by atoms with E-state index in [0.717, 1.165) is 36.1 Å². The fraction of sp³-hybridized carbons (Fsp3) is 0.318. The fourth-order valence-corrected chi connectivity index (χ4v) is 5.82. The molecule has 148 valence electrons. The topological polar surface area (TPSA) is 51.0 Å². The van der Waals surface area contributed by atoms with Crippen LogP contribution in [0.1, 0.15) is 49.6 Å². The lowest BCUT2D eigenvalue weighted by Gasteiger charge is -2.24. The number of carbonyl (C=O) groups excluding carboxylic acids is 1. The van der Waals surface area contributed by atoms with Gasteiger partial charge < -0.3 is 4.90 Å². The summed E-state index contributed by atoms with van der Waals surface area (Å²) in [5.41, 5.74) is 2.34. The van der Waals surface area contributed by atoms with Gasteiger partial charge in [-0.25, -0.2) is 9.67 Å². The zero-order valence-corrected chi connectivity index (χ0v) is 18.1. The molecule has 1 saturated heterocycles. The molecule has 4 aromatic heterocycles. The van der Waals surface area contributed by atoms with Gasteiger partial charge in [0.25, 0.3) is 5.91 Å². The Morgan fingerprint density at radius 1 is 1.28 bits per heavy atom. The van der Waals surface area contributed by atoms with Gasteiger partial charge in [0.15, 0.2) is 5.65 Å². The summed E-state index contributed by atoms with van der Waals surface area (Å²) in [6, 6.07) is 10.5. The van der Waals surface area contributed by atoms with Crippen LogP contribution >= 0.6 is 22.7 Å². The van der Waals surface area contributed by atoms with Gasteiger partial charge in [-0.15, -0.1) is 22.7 Å². The molecule has 0 bridgehead atoms. The lowest BCUT2D eigenvalue weighted by molar-refractivity contribution is 0.0739. The molecule has 4 aromatic rings. The van der Waals surface area contributed by atoms with Gasteiger partial charge in [0.2, 0.25) is 0 Å². The zero-order valence-electron chi connectivity index (χ0n) is 16.5. The van der Waals surface area contributed by atoms with Gasteiger partial charge in [0.1, 0.15) is 0 Å². The maximum absolute atomic E-state index is 13.6. The number of fused-ring (bicyclic) bond motifs is 1. The first-order valence-electron chi connectivity index (χ1n) is 9.83. The van der Waals surface area contributed by atoms with Crippen molar-refractivity contribution in [2.45, 2.75) is 39.3 Å². The van der Waals surface area contributed by atoms with Crippen molar-refractivity contribution in [3.05, 3.63) is 67.8 Å². The van der Waals surface area contributed by atoms with E-state index in [2.05, 4.69) is 35.6 Å². The molecule has 5 nitrogen and oxygen atoms in total. The number of nitrogens with zero attached hydrogens (tertiary/aromatic N) is 4. The van der Waals surface area contributed by atoms with Crippen LogP contribution in [0.5, 0.6) is 0 Å². The number of rotatable bonds is 4. The molecule has 0 spiro atoms. The average molecular weight is 423 g/mol. The number of thiophene rings is 2. The van der Waals surface area contributed by atoms with Gasteiger partial charge in [-0.05, 0) is 56.3 Å². The maximum atomic E-state index is 13.6. The van der Waals surface area contributed by atoms with Crippen LogP contribution < -0.4 is 0 Å². The van der Waals surface area contributed by atoms with E-state index in [1.807, 2.05) is 28.6 Å². The van der Waals surface area contributed by atoms with Crippen LogP contribution in [0.4, 0.5) is 0 Å². The lowest BCUT2D eigenvalue weighted by Crippen LogP contribution is -2.30. The fourth-order valence-electron chi connectivity index (χ4n) is 4.11. The van der Waals surface area contributed by atoms with Crippen molar-refractivity contribution >= 4 is 39.6 Å². The highest BCUT2D eigenvalue weighted by Crippen LogP contribution is 2.37. The summed E-state index contributed by atoms with van der Waals surface area (Å²) >= 11 is 3.49. The van der Waals surface area contributed by atoms with E-state index < -0.39 is 0 Å². The summed E-state index contributed by atoms with van der Waals surface area (Å²) in [6.07, 6.45) is 3.86. The molecule has 0 aliphatic carbocycles. The van der Waals surface area contributed by atoms with E-state index in [-0.39, 0.29) is 11.9 Å². The molecule has 0 aromatic carbocycles. The minimum Gasteiger partial charge on any atom is -0.331 e. The first-order valence-corrected chi connectivity index (χ1v) is 11.5. The third kappa shape index (κ3) is 3.38. The predicted octanol–water partition coefficient (Wildman–Crippen LogP) is 5.20. The standard InChI is InChI=1S/C22H22N4OS2/c1-14-11-17(18-12-23-26(21(18)24-14)13-16-5-4-10-28-16)22(27)25-9-3-6-19(25)20-8-7-15(2)29-20/h4-5,7-8,10-12,19H,3,6,9,13H2,1-2H3. The summed E-state index contributed by atoms with van der Waals surface area (Å²) in [5, 5.41) is 7.46. The molecule has 0 saturated carbocycles. The minimum atomic E-state index is 0.0877. The van der Waals surface area contributed by atoms with Crippen molar-refractivity contribution in [3.63, 3.8) is 0 Å². The highest BCUT2D eigenvalue weighted by molar-refractivity contribution is 7.12. The van der Waals surface area contributed by atoms with E-state index in [4.69, 9.17) is 4.98 Å². The van der Waals surface area contributed by atoms with Crippen molar-refractivity contribution in [2.24, 2.45) is 0 Å². The number of likely N-dealkylation sites (tertiary alicyclic amines) is 1. The van der Waals surface area contributed by atoms with Crippen LogP contribution in [-0.4, -0.2) is 32.1 Å². The Morgan fingerprint density at radius 3 is 2.93 bits per heavy atom. The lowest BCUT2D eigenvalue weighted by atomic mass is 10.1. The number of hydrogen-bond acceptors (Lipinski definition) is 5. The SMILES string of the molecule is Cc1cc(C(=O)N2CCCC2c2ccc(C)s2)c2cnn(Cc3cccs3)c2n1. The number of aryl methyl sites for hydroxylation is 2. The molecule has 0 radical (unpaired) electrons. The third-order valence-corrected chi connectivity index (χ3v) is 7.42. The Bertz CT molecular complexity index is 1180. The monoisotopic (exact) mass is 422 g/mol. The Kier molecular flexibility index (Phi) is 4.72. The molecule has 1 amide bonds.